The molecule has 8 heteroatoms. The Morgan fingerprint density at radius 2 is 1.92 bits per heavy atom. The number of piperazine rings is 1. The lowest BCUT2D eigenvalue weighted by Gasteiger charge is -2.33. The topological polar surface area (TPSA) is 85.7 Å². The summed E-state index contributed by atoms with van der Waals surface area (Å²) < 4.78 is 4.97. The van der Waals surface area contributed by atoms with Gasteiger partial charge in [-0.1, -0.05) is 23.7 Å². The second-order valence-corrected chi connectivity index (χ2v) is 6.12. The number of ether oxygens (including phenoxy) is 1. The zero-order valence-corrected chi connectivity index (χ0v) is 15.3. The molecule has 0 atom stereocenters. The largest absolute Gasteiger partial charge is 0.450 e. The second-order valence-electron chi connectivity index (χ2n) is 5.69. The molecule has 2 amide bonds. The van der Waals surface area contributed by atoms with Crippen LogP contribution in [0.3, 0.4) is 0 Å². The van der Waals surface area contributed by atoms with Crippen LogP contribution in [0, 0.1) is 11.3 Å². The van der Waals surface area contributed by atoms with Gasteiger partial charge in [0.25, 0.3) is 5.91 Å². The summed E-state index contributed by atoms with van der Waals surface area (Å²) in [5, 5.41) is 12.6. The Balaban J connectivity index is 1.87. The van der Waals surface area contributed by atoms with Crippen molar-refractivity contribution in [3.63, 3.8) is 0 Å². The summed E-state index contributed by atoms with van der Waals surface area (Å²) in [7, 11) is 0. The normalized spacial score (nSPS) is 14.6. The summed E-state index contributed by atoms with van der Waals surface area (Å²) in [4.78, 5) is 27.4. The minimum Gasteiger partial charge on any atom is -0.450 e. The zero-order valence-electron chi connectivity index (χ0n) is 14.6. The summed E-state index contributed by atoms with van der Waals surface area (Å²) in [6, 6.07) is 9.04. The van der Waals surface area contributed by atoms with Gasteiger partial charge in [-0.2, -0.15) is 5.26 Å². The average Bonchev–Trinajstić information content (AvgIpc) is 2.66. The molecule has 26 heavy (non-hydrogen) atoms. The number of rotatable bonds is 5. The molecule has 2 rings (SSSR count). The molecule has 7 nitrogen and oxygen atoms in total. The van der Waals surface area contributed by atoms with E-state index in [9.17, 15) is 14.9 Å². The van der Waals surface area contributed by atoms with E-state index in [-0.39, 0.29) is 11.7 Å². The SMILES string of the molecule is CCOC(=O)N1CCN(/C=C(/C#N)C(=O)NCc2ccc(Cl)cc2)CC1. The molecule has 138 valence electrons. The number of nitrogens with zero attached hydrogens (tertiary/aromatic N) is 3. The highest BCUT2D eigenvalue weighted by atomic mass is 35.5. The lowest BCUT2D eigenvalue weighted by Crippen LogP contribution is -2.47. The molecule has 1 aliphatic rings. The van der Waals surface area contributed by atoms with Crippen molar-refractivity contribution in [2.75, 3.05) is 32.8 Å². The van der Waals surface area contributed by atoms with Crippen molar-refractivity contribution in [3.8, 4) is 6.07 Å². The summed E-state index contributed by atoms with van der Waals surface area (Å²) in [6.07, 6.45) is 1.21. The predicted octanol–water partition coefficient (Wildman–Crippen LogP) is 2.14. The third kappa shape index (κ3) is 5.67. The lowest BCUT2D eigenvalue weighted by molar-refractivity contribution is -0.117. The molecule has 0 saturated carbocycles. The van der Waals surface area contributed by atoms with E-state index in [4.69, 9.17) is 16.3 Å². The van der Waals surface area contributed by atoms with E-state index in [1.165, 1.54) is 0 Å². The fraction of sp³-hybridized carbons (Fsp3) is 0.389. The number of benzene rings is 1. The second kappa shape index (κ2) is 9.68. The maximum absolute atomic E-state index is 12.2. The zero-order chi connectivity index (χ0) is 18.9. The Hall–Kier alpha value is -2.72. The van der Waals surface area contributed by atoms with Gasteiger partial charge in [-0.15, -0.1) is 0 Å². The number of carbonyl (C=O) groups excluding carboxylic acids is 2. The van der Waals surface area contributed by atoms with Crippen molar-refractivity contribution in [1.29, 1.82) is 5.26 Å². The van der Waals surface area contributed by atoms with Crippen molar-refractivity contribution in [1.82, 2.24) is 15.1 Å². The van der Waals surface area contributed by atoms with Crippen molar-refractivity contribution < 1.29 is 14.3 Å². The smallest absolute Gasteiger partial charge is 0.409 e. The van der Waals surface area contributed by atoms with Gasteiger partial charge in [-0.05, 0) is 24.6 Å². The maximum atomic E-state index is 12.2. The van der Waals surface area contributed by atoms with Crippen LogP contribution in [0.25, 0.3) is 0 Å². The molecule has 0 bridgehead atoms. The van der Waals surface area contributed by atoms with Crippen LogP contribution in [0.1, 0.15) is 12.5 Å². The van der Waals surface area contributed by atoms with E-state index >= 15 is 0 Å². The third-order valence-electron chi connectivity index (χ3n) is 3.88. The first-order valence-corrected chi connectivity index (χ1v) is 8.71. The van der Waals surface area contributed by atoms with E-state index in [2.05, 4.69) is 5.32 Å². The highest BCUT2D eigenvalue weighted by Crippen LogP contribution is 2.10. The van der Waals surface area contributed by atoms with Gasteiger partial charge >= 0.3 is 6.09 Å². The van der Waals surface area contributed by atoms with Gasteiger partial charge in [-0.25, -0.2) is 4.79 Å². The van der Waals surface area contributed by atoms with Crippen LogP contribution in [0.15, 0.2) is 36.0 Å². The molecule has 1 aliphatic heterocycles. The van der Waals surface area contributed by atoms with E-state index in [0.29, 0.717) is 44.4 Å². The van der Waals surface area contributed by atoms with Crippen molar-refractivity contribution in [3.05, 3.63) is 46.6 Å². The number of halogens is 1. The Morgan fingerprint density at radius 1 is 1.27 bits per heavy atom. The summed E-state index contributed by atoms with van der Waals surface area (Å²) in [5.74, 6) is -0.435. The highest BCUT2D eigenvalue weighted by Gasteiger charge is 2.21. The maximum Gasteiger partial charge on any atom is 0.409 e. The standard InChI is InChI=1S/C18H21ClN4O3/c1-2-26-18(25)23-9-7-22(8-10-23)13-15(11-20)17(24)21-12-14-3-5-16(19)6-4-14/h3-6,13H,2,7-10,12H2,1H3,(H,21,24)/b15-13-. The van der Waals surface area contributed by atoms with Crippen LogP contribution in [0.5, 0.6) is 0 Å². The Kier molecular flexibility index (Phi) is 7.30. The molecule has 1 fully saturated rings. The summed E-state index contributed by atoms with van der Waals surface area (Å²) >= 11 is 5.83. The molecular weight excluding hydrogens is 356 g/mol. The predicted molar refractivity (Wildman–Crippen MR) is 97.2 cm³/mol. The molecule has 0 aliphatic carbocycles. The summed E-state index contributed by atoms with van der Waals surface area (Å²) in [5.41, 5.74) is 0.923. The Morgan fingerprint density at radius 3 is 2.50 bits per heavy atom. The third-order valence-corrected chi connectivity index (χ3v) is 4.14. The fourth-order valence-electron chi connectivity index (χ4n) is 2.45. The molecule has 0 aromatic heterocycles. The van der Waals surface area contributed by atoms with Crippen LogP contribution in [0.4, 0.5) is 4.79 Å². The van der Waals surface area contributed by atoms with Gasteiger partial charge in [-0.3, -0.25) is 4.79 Å². The quantitative estimate of drug-likeness (QED) is 0.628. The van der Waals surface area contributed by atoms with Crippen LogP contribution in [0.2, 0.25) is 5.02 Å². The van der Waals surface area contributed by atoms with E-state index in [1.807, 2.05) is 23.1 Å². The van der Waals surface area contributed by atoms with E-state index in [1.54, 1.807) is 30.2 Å². The van der Waals surface area contributed by atoms with Crippen LogP contribution < -0.4 is 5.32 Å². The van der Waals surface area contributed by atoms with Gasteiger partial charge in [0.15, 0.2) is 0 Å². The molecule has 1 N–H and O–H groups in total. The van der Waals surface area contributed by atoms with Gasteiger partial charge in [0.2, 0.25) is 0 Å². The molecule has 0 radical (unpaired) electrons. The first-order chi connectivity index (χ1) is 12.5. The number of amides is 2. The van der Waals surface area contributed by atoms with Crippen LogP contribution in [-0.4, -0.2) is 54.6 Å². The van der Waals surface area contributed by atoms with Gasteiger partial charge in [0, 0.05) is 43.9 Å². The van der Waals surface area contributed by atoms with Gasteiger partial charge in [0.1, 0.15) is 11.6 Å². The first kappa shape index (κ1) is 19.6. The average molecular weight is 377 g/mol. The van der Waals surface area contributed by atoms with Gasteiger partial charge in [0.05, 0.1) is 6.61 Å². The van der Waals surface area contributed by atoms with Crippen molar-refractivity contribution >= 4 is 23.6 Å². The van der Waals surface area contributed by atoms with Gasteiger partial charge < -0.3 is 19.9 Å². The number of nitriles is 1. The minimum atomic E-state index is -0.435. The lowest BCUT2D eigenvalue weighted by atomic mass is 10.2. The Bertz CT molecular complexity index is 704. The van der Waals surface area contributed by atoms with Crippen molar-refractivity contribution in [2.24, 2.45) is 0 Å². The fourth-order valence-corrected chi connectivity index (χ4v) is 2.58. The molecule has 0 spiro atoms. The van der Waals surface area contributed by atoms with Crippen LogP contribution in [-0.2, 0) is 16.1 Å². The number of carbonyl (C=O) groups is 2. The molecular formula is C18H21ClN4O3. The van der Waals surface area contributed by atoms with E-state index in [0.717, 1.165) is 5.56 Å². The minimum absolute atomic E-state index is 0.0311. The highest BCUT2D eigenvalue weighted by molar-refractivity contribution is 6.30. The van der Waals surface area contributed by atoms with E-state index < -0.39 is 5.91 Å². The molecule has 1 aromatic rings. The first-order valence-electron chi connectivity index (χ1n) is 8.33. The molecule has 1 aromatic carbocycles. The Labute approximate surface area is 157 Å². The summed E-state index contributed by atoms with van der Waals surface area (Å²) in [6.45, 7) is 4.46. The van der Waals surface area contributed by atoms with Crippen LogP contribution >= 0.6 is 11.6 Å². The number of hydrogen-bond donors (Lipinski definition) is 1. The molecule has 1 heterocycles. The number of nitrogens with one attached hydrogen (secondary N) is 1. The monoisotopic (exact) mass is 376 g/mol. The van der Waals surface area contributed by atoms with Crippen molar-refractivity contribution in [2.45, 2.75) is 13.5 Å². The molecule has 1 saturated heterocycles. The molecule has 0 unspecified atom stereocenters. The number of hydrogen-bond acceptors (Lipinski definition) is 5.